The number of hydrogen-bond donors (Lipinski definition) is 2. The fraction of sp³-hybridized carbons (Fsp3) is 0.812. The third-order valence-corrected chi connectivity index (χ3v) is 3.55. The van der Waals surface area contributed by atoms with Crippen molar-refractivity contribution >= 4 is 17.8 Å². The Balaban J connectivity index is 2.32. The first-order chi connectivity index (χ1) is 10.8. The highest BCUT2D eigenvalue weighted by molar-refractivity contribution is 5.81. The standard InChI is InChI=1S/C16H30N4O3/c1-11(2)15(22)20-9-7-13(10-20)19-16(17-5)18-8-6-14(21)23-12(3)4/h11-13H,6-10H2,1-5H3,(H2,17,18,19). The molecule has 23 heavy (non-hydrogen) atoms. The van der Waals surface area contributed by atoms with Crippen molar-refractivity contribution in [2.24, 2.45) is 10.9 Å². The minimum absolute atomic E-state index is 0.0261. The van der Waals surface area contributed by atoms with E-state index < -0.39 is 0 Å². The molecule has 0 aromatic heterocycles. The molecule has 1 amide bonds. The number of nitrogens with one attached hydrogen (secondary N) is 2. The summed E-state index contributed by atoms with van der Waals surface area (Å²) < 4.78 is 5.08. The first-order valence-corrected chi connectivity index (χ1v) is 8.29. The van der Waals surface area contributed by atoms with E-state index in [1.165, 1.54) is 0 Å². The van der Waals surface area contributed by atoms with Gasteiger partial charge in [0.1, 0.15) is 0 Å². The molecule has 1 rings (SSSR count). The van der Waals surface area contributed by atoms with Crippen LogP contribution in [0.4, 0.5) is 0 Å². The molecule has 7 nitrogen and oxygen atoms in total. The van der Waals surface area contributed by atoms with Gasteiger partial charge in [-0.1, -0.05) is 13.8 Å². The van der Waals surface area contributed by atoms with Crippen molar-refractivity contribution in [3.05, 3.63) is 0 Å². The van der Waals surface area contributed by atoms with Gasteiger partial charge in [0.2, 0.25) is 5.91 Å². The number of aliphatic imine (C=N–C) groups is 1. The highest BCUT2D eigenvalue weighted by Gasteiger charge is 2.27. The molecule has 0 aromatic carbocycles. The highest BCUT2D eigenvalue weighted by atomic mass is 16.5. The first-order valence-electron chi connectivity index (χ1n) is 8.29. The van der Waals surface area contributed by atoms with Crippen LogP contribution in [-0.2, 0) is 14.3 Å². The van der Waals surface area contributed by atoms with Gasteiger partial charge in [-0.15, -0.1) is 0 Å². The van der Waals surface area contributed by atoms with Gasteiger partial charge in [0.15, 0.2) is 5.96 Å². The zero-order valence-corrected chi connectivity index (χ0v) is 14.9. The lowest BCUT2D eigenvalue weighted by molar-refractivity contribution is -0.147. The van der Waals surface area contributed by atoms with Crippen molar-refractivity contribution in [1.29, 1.82) is 0 Å². The number of ether oxygens (including phenoxy) is 1. The molecule has 7 heteroatoms. The predicted octanol–water partition coefficient (Wildman–Crippen LogP) is 0.750. The molecule has 1 aliphatic rings. The van der Waals surface area contributed by atoms with Crippen LogP contribution >= 0.6 is 0 Å². The molecule has 132 valence electrons. The van der Waals surface area contributed by atoms with E-state index in [1.807, 2.05) is 32.6 Å². The predicted molar refractivity (Wildman–Crippen MR) is 90.2 cm³/mol. The Morgan fingerprint density at radius 3 is 2.57 bits per heavy atom. The minimum Gasteiger partial charge on any atom is -0.463 e. The molecule has 1 aliphatic heterocycles. The van der Waals surface area contributed by atoms with Crippen molar-refractivity contribution in [1.82, 2.24) is 15.5 Å². The lowest BCUT2D eigenvalue weighted by Gasteiger charge is -2.20. The SMILES string of the molecule is CN=C(NCCC(=O)OC(C)C)NC1CCN(C(=O)C(C)C)C1. The Kier molecular flexibility index (Phi) is 7.85. The summed E-state index contributed by atoms with van der Waals surface area (Å²) in [5, 5.41) is 6.40. The number of hydrogen-bond acceptors (Lipinski definition) is 4. The van der Waals surface area contributed by atoms with Crippen LogP contribution in [0.1, 0.15) is 40.5 Å². The van der Waals surface area contributed by atoms with E-state index in [0.29, 0.717) is 25.5 Å². The quantitative estimate of drug-likeness (QED) is 0.427. The fourth-order valence-corrected chi connectivity index (χ4v) is 2.44. The van der Waals surface area contributed by atoms with Crippen LogP contribution in [0.15, 0.2) is 4.99 Å². The van der Waals surface area contributed by atoms with Crippen LogP contribution < -0.4 is 10.6 Å². The molecule has 0 aliphatic carbocycles. The average molecular weight is 326 g/mol. The summed E-state index contributed by atoms with van der Waals surface area (Å²) in [6.07, 6.45) is 1.10. The molecule has 2 N–H and O–H groups in total. The van der Waals surface area contributed by atoms with Gasteiger partial charge >= 0.3 is 5.97 Å². The third-order valence-electron chi connectivity index (χ3n) is 3.55. The van der Waals surface area contributed by atoms with Crippen LogP contribution in [0.3, 0.4) is 0 Å². The molecule has 0 radical (unpaired) electrons. The minimum atomic E-state index is -0.225. The van der Waals surface area contributed by atoms with Gasteiger partial charge in [0.25, 0.3) is 0 Å². The number of amides is 1. The van der Waals surface area contributed by atoms with Gasteiger partial charge in [-0.25, -0.2) is 0 Å². The number of rotatable bonds is 6. The molecule has 0 spiro atoms. The molecular weight excluding hydrogens is 296 g/mol. The van der Waals surface area contributed by atoms with Crippen molar-refractivity contribution < 1.29 is 14.3 Å². The number of guanidine groups is 1. The van der Waals surface area contributed by atoms with E-state index in [1.54, 1.807) is 7.05 Å². The molecular formula is C16H30N4O3. The van der Waals surface area contributed by atoms with Gasteiger partial charge < -0.3 is 20.3 Å². The van der Waals surface area contributed by atoms with Crippen molar-refractivity contribution in [2.45, 2.75) is 52.7 Å². The Bertz CT molecular complexity index is 435. The summed E-state index contributed by atoms with van der Waals surface area (Å²) in [7, 11) is 1.69. The van der Waals surface area contributed by atoms with E-state index in [0.717, 1.165) is 13.0 Å². The maximum absolute atomic E-state index is 12.0. The summed E-state index contributed by atoms with van der Waals surface area (Å²) in [5.74, 6) is 0.635. The molecule has 0 saturated carbocycles. The average Bonchev–Trinajstić information content (AvgIpc) is 2.92. The second kappa shape index (κ2) is 9.37. The Hall–Kier alpha value is -1.79. The lowest BCUT2D eigenvalue weighted by atomic mass is 10.2. The third kappa shape index (κ3) is 6.88. The molecule has 1 atom stereocenters. The van der Waals surface area contributed by atoms with Crippen LogP contribution in [0, 0.1) is 5.92 Å². The summed E-state index contributed by atoms with van der Waals surface area (Å²) in [6.45, 7) is 9.41. The lowest BCUT2D eigenvalue weighted by Crippen LogP contribution is -2.45. The molecule has 1 unspecified atom stereocenters. The molecule has 0 aromatic rings. The fourth-order valence-electron chi connectivity index (χ4n) is 2.44. The largest absolute Gasteiger partial charge is 0.463 e. The maximum atomic E-state index is 12.0. The summed E-state index contributed by atoms with van der Waals surface area (Å²) in [4.78, 5) is 29.5. The first kappa shape index (κ1) is 19.3. The van der Waals surface area contributed by atoms with Crippen LogP contribution in [0.5, 0.6) is 0 Å². The normalized spacial score (nSPS) is 18.5. The number of carbonyl (C=O) groups is 2. The van der Waals surface area contributed by atoms with E-state index >= 15 is 0 Å². The van der Waals surface area contributed by atoms with E-state index in [9.17, 15) is 9.59 Å². The molecule has 0 bridgehead atoms. The van der Waals surface area contributed by atoms with Gasteiger partial charge in [-0.2, -0.15) is 0 Å². The van der Waals surface area contributed by atoms with Crippen LogP contribution in [0.2, 0.25) is 0 Å². The monoisotopic (exact) mass is 326 g/mol. The van der Waals surface area contributed by atoms with Crippen molar-refractivity contribution in [3.8, 4) is 0 Å². The number of nitrogens with zero attached hydrogens (tertiary/aromatic N) is 2. The van der Waals surface area contributed by atoms with Crippen molar-refractivity contribution in [3.63, 3.8) is 0 Å². The van der Waals surface area contributed by atoms with Crippen LogP contribution in [-0.4, -0.2) is 61.6 Å². The maximum Gasteiger partial charge on any atom is 0.307 e. The topological polar surface area (TPSA) is 83.0 Å². The number of likely N-dealkylation sites (tertiary alicyclic amines) is 1. The van der Waals surface area contributed by atoms with E-state index in [2.05, 4.69) is 15.6 Å². The Morgan fingerprint density at radius 2 is 2.00 bits per heavy atom. The van der Waals surface area contributed by atoms with Gasteiger partial charge in [0, 0.05) is 38.6 Å². The Morgan fingerprint density at radius 1 is 1.30 bits per heavy atom. The zero-order chi connectivity index (χ0) is 17.4. The Labute approximate surface area is 138 Å². The summed E-state index contributed by atoms with van der Waals surface area (Å²) in [6, 6.07) is 0.187. The summed E-state index contributed by atoms with van der Waals surface area (Å²) in [5.41, 5.74) is 0. The van der Waals surface area contributed by atoms with Gasteiger partial charge in [-0.3, -0.25) is 14.6 Å². The smallest absolute Gasteiger partial charge is 0.307 e. The zero-order valence-electron chi connectivity index (χ0n) is 14.9. The van der Waals surface area contributed by atoms with Gasteiger partial charge in [0.05, 0.1) is 12.5 Å². The van der Waals surface area contributed by atoms with E-state index in [4.69, 9.17) is 4.74 Å². The summed E-state index contributed by atoms with van der Waals surface area (Å²) >= 11 is 0. The highest BCUT2D eigenvalue weighted by Crippen LogP contribution is 2.12. The molecule has 1 heterocycles. The van der Waals surface area contributed by atoms with Crippen molar-refractivity contribution in [2.75, 3.05) is 26.7 Å². The molecule has 1 fully saturated rings. The van der Waals surface area contributed by atoms with E-state index in [-0.39, 0.29) is 29.9 Å². The number of carbonyl (C=O) groups excluding carboxylic acids is 2. The second-order valence-electron chi connectivity index (χ2n) is 6.36. The van der Waals surface area contributed by atoms with Crippen LogP contribution in [0.25, 0.3) is 0 Å². The molecule has 1 saturated heterocycles. The number of esters is 1. The van der Waals surface area contributed by atoms with Gasteiger partial charge in [-0.05, 0) is 20.3 Å². The second-order valence-corrected chi connectivity index (χ2v) is 6.36.